The van der Waals surface area contributed by atoms with E-state index in [4.69, 9.17) is 9.05 Å². The molecule has 0 rings (SSSR count). The van der Waals surface area contributed by atoms with Crippen LogP contribution in [-0.4, -0.2) is 17.1 Å². The Balaban J connectivity index is 4.46. The average molecular weight is 294 g/mol. The molecule has 0 spiro atoms. The SMILES string of the molecule is CCC(CC(C)C)OP(=O)(O)OC(CC)CC(C)C. The van der Waals surface area contributed by atoms with Crippen LogP contribution in [0.3, 0.4) is 0 Å². The minimum Gasteiger partial charge on any atom is -0.302 e. The van der Waals surface area contributed by atoms with Crippen LogP contribution in [0, 0.1) is 11.8 Å². The fourth-order valence-electron chi connectivity index (χ4n) is 2.02. The molecule has 0 aromatic rings. The zero-order chi connectivity index (χ0) is 15.1. The maximum absolute atomic E-state index is 12.0. The molecule has 0 aliphatic rings. The predicted octanol–water partition coefficient (Wildman–Crippen LogP) is 4.77. The smallest absolute Gasteiger partial charge is 0.302 e. The summed E-state index contributed by atoms with van der Waals surface area (Å²) in [5, 5.41) is 0. The first-order valence-corrected chi connectivity index (χ1v) is 8.89. The van der Waals surface area contributed by atoms with E-state index < -0.39 is 7.82 Å². The molecule has 0 fully saturated rings. The number of hydrogen-bond acceptors (Lipinski definition) is 3. The highest BCUT2D eigenvalue weighted by Crippen LogP contribution is 2.48. The zero-order valence-corrected chi connectivity index (χ0v) is 14.2. The standard InChI is InChI=1S/C14H31O4P/c1-7-13(9-11(3)4)17-19(15,16)18-14(8-2)10-12(5)6/h11-14H,7-10H2,1-6H3,(H,15,16). The first kappa shape index (κ1) is 19.1. The Morgan fingerprint density at radius 2 is 1.21 bits per heavy atom. The van der Waals surface area contributed by atoms with Crippen molar-refractivity contribution in [2.45, 2.75) is 79.4 Å². The highest BCUT2D eigenvalue weighted by Gasteiger charge is 2.29. The molecule has 0 radical (unpaired) electrons. The minimum atomic E-state index is -3.95. The third-order valence-electron chi connectivity index (χ3n) is 2.94. The first-order chi connectivity index (χ1) is 8.70. The highest BCUT2D eigenvalue weighted by atomic mass is 31.2. The second kappa shape index (κ2) is 9.12. The Hall–Kier alpha value is 0.110. The van der Waals surface area contributed by atoms with Crippen LogP contribution < -0.4 is 0 Å². The summed E-state index contributed by atoms with van der Waals surface area (Å²) in [6.07, 6.45) is 2.54. The van der Waals surface area contributed by atoms with Crippen LogP contribution in [-0.2, 0) is 13.6 Å². The third-order valence-corrected chi connectivity index (χ3v) is 4.07. The van der Waals surface area contributed by atoms with Crippen LogP contribution >= 0.6 is 7.82 Å². The van der Waals surface area contributed by atoms with Crippen LogP contribution in [0.15, 0.2) is 0 Å². The summed E-state index contributed by atoms with van der Waals surface area (Å²) in [5.41, 5.74) is 0. The Labute approximate surface area is 118 Å². The Morgan fingerprint density at radius 3 is 1.42 bits per heavy atom. The molecular formula is C14H31O4P. The van der Waals surface area contributed by atoms with E-state index in [1.807, 2.05) is 13.8 Å². The van der Waals surface area contributed by atoms with Gasteiger partial charge in [0.2, 0.25) is 0 Å². The van der Waals surface area contributed by atoms with E-state index in [0.717, 1.165) is 12.8 Å². The summed E-state index contributed by atoms with van der Waals surface area (Å²) in [7, 11) is -3.95. The van der Waals surface area contributed by atoms with Crippen molar-refractivity contribution >= 4 is 7.82 Å². The van der Waals surface area contributed by atoms with Gasteiger partial charge in [0, 0.05) is 0 Å². The van der Waals surface area contributed by atoms with Gasteiger partial charge in [-0.2, -0.15) is 0 Å². The molecule has 0 heterocycles. The molecular weight excluding hydrogens is 263 g/mol. The lowest BCUT2D eigenvalue weighted by Crippen LogP contribution is -2.18. The van der Waals surface area contributed by atoms with Crippen molar-refractivity contribution in [3.63, 3.8) is 0 Å². The number of phosphoric acid groups is 1. The molecule has 0 saturated heterocycles. The molecule has 0 aromatic heterocycles. The molecule has 1 N–H and O–H groups in total. The second-order valence-corrected chi connectivity index (χ2v) is 7.36. The van der Waals surface area contributed by atoms with Gasteiger partial charge in [0.25, 0.3) is 0 Å². The average Bonchev–Trinajstić information content (AvgIpc) is 2.25. The fourth-order valence-corrected chi connectivity index (χ4v) is 3.30. The monoisotopic (exact) mass is 294 g/mol. The molecule has 0 amide bonds. The topological polar surface area (TPSA) is 55.8 Å². The van der Waals surface area contributed by atoms with E-state index in [9.17, 15) is 9.46 Å². The molecule has 19 heavy (non-hydrogen) atoms. The molecule has 2 atom stereocenters. The van der Waals surface area contributed by atoms with E-state index in [-0.39, 0.29) is 12.2 Å². The maximum Gasteiger partial charge on any atom is 0.472 e. The molecule has 116 valence electrons. The van der Waals surface area contributed by atoms with E-state index >= 15 is 0 Å². The van der Waals surface area contributed by atoms with Gasteiger partial charge in [0.1, 0.15) is 0 Å². The van der Waals surface area contributed by atoms with Crippen LogP contribution in [0.1, 0.15) is 67.2 Å². The predicted molar refractivity (Wildman–Crippen MR) is 79.1 cm³/mol. The van der Waals surface area contributed by atoms with Gasteiger partial charge in [0.15, 0.2) is 0 Å². The van der Waals surface area contributed by atoms with E-state index in [1.165, 1.54) is 0 Å². The molecule has 0 aromatic carbocycles. The summed E-state index contributed by atoms with van der Waals surface area (Å²) in [6, 6.07) is 0. The molecule has 2 unspecified atom stereocenters. The summed E-state index contributed by atoms with van der Waals surface area (Å²) >= 11 is 0. The second-order valence-electron chi connectivity index (χ2n) is 6.00. The molecule has 0 bridgehead atoms. The number of phosphoric ester groups is 1. The van der Waals surface area contributed by atoms with E-state index in [1.54, 1.807) is 0 Å². The van der Waals surface area contributed by atoms with E-state index in [0.29, 0.717) is 24.7 Å². The Kier molecular flexibility index (Phi) is 9.17. The summed E-state index contributed by atoms with van der Waals surface area (Å²) < 4.78 is 22.6. The normalized spacial score (nSPS) is 18.6. The van der Waals surface area contributed by atoms with Crippen molar-refractivity contribution in [2.24, 2.45) is 11.8 Å². The van der Waals surface area contributed by atoms with Gasteiger partial charge in [-0.1, -0.05) is 41.5 Å². The molecule has 5 heteroatoms. The van der Waals surface area contributed by atoms with Gasteiger partial charge < -0.3 is 4.89 Å². The molecule has 4 nitrogen and oxygen atoms in total. The molecule has 0 aliphatic carbocycles. The van der Waals surface area contributed by atoms with Crippen molar-refractivity contribution in [1.29, 1.82) is 0 Å². The van der Waals surface area contributed by atoms with Crippen LogP contribution in [0.5, 0.6) is 0 Å². The zero-order valence-electron chi connectivity index (χ0n) is 13.3. The van der Waals surface area contributed by atoms with Gasteiger partial charge in [-0.15, -0.1) is 0 Å². The number of rotatable bonds is 10. The van der Waals surface area contributed by atoms with Crippen molar-refractivity contribution < 1.29 is 18.5 Å². The first-order valence-electron chi connectivity index (χ1n) is 7.39. The van der Waals surface area contributed by atoms with Crippen LogP contribution in [0.4, 0.5) is 0 Å². The van der Waals surface area contributed by atoms with Gasteiger partial charge >= 0.3 is 7.82 Å². The summed E-state index contributed by atoms with van der Waals surface area (Å²) in [4.78, 5) is 9.85. The molecule has 0 aliphatic heterocycles. The largest absolute Gasteiger partial charge is 0.472 e. The van der Waals surface area contributed by atoms with Gasteiger partial charge in [-0.05, 0) is 37.5 Å². The summed E-state index contributed by atoms with van der Waals surface area (Å²) in [6.45, 7) is 12.2. The van der Waals surface area contributed by atoms with Crippen molar-refractivity contribution in [2.75, 3.05) is 0 Å². The Morgan fingerprint density at radius 1 is 0.895 bits per heavy atom. The van der Waals surface area contributed by atoms with Gasteiger partial charge in [-0.3, -0.25) is 9.05 Å². The summed E-state index contributed by atoms with van der Waals surface area (Å²) in [5.74, 6) is 0.866. The Bertz CT molecular complexity index is 255. The van der Waals surface area contributed by atoms with Crippen LogP contribution in [0.2, 0.25) is 0 Å². The highest BCUT2D eigenvalue weighted by molar-refractivity contribution is 7.47. The number of hydrogen-bond donors (Lipinski definition) is 1. The van der Waals surface area contributed by atoms with Crippen molar-refractivity contribution in [3.05, 3.63) is 0 Å². The van der Waals surface area contributed by atoms with E-state index in [2.05, 4.69) is 27.7 Å². The lowest BCUT2D eigenvalue weighted by Gasteiger charge is -2.25. The van der Waals surface area contributed by atoms with Crippen molar-refractivity contribution in [1.82, 2.24) is 0 Å². The van der Waals surface area contributed by atoms with Crippen LogP contribution in [0.25, 0.3) is 0 Å². The molecule has 0 saturated carbocycles. The van der Waals surface area contributed by atoms with Gasteiger partial charge in [-0.25, -0.2) is 4.57 Å². The lowest BCUT2D eigenvalue weighted by atomic mass is 10.0. The fraction of sp³-hybridized carbons (Fsp3) is 1.00. The minimum absolute atomic E-state index is 0.215. The maximum atomic E-state index is 12.0. The van der Waals surface area contributed by atoms with Gasteiger partial charge in [0.05, 0.1) is 12.2 Å². The quantitative estimate of drug-likeness (QED) is 0.590. The van der Waals surface area contributed by atoms with Crippen molar-refractivity contribution in [3.8, 4) is 0 Å². The third kappa shape index (κ3) is 9.61. The lowest BCUT2D eigenvalue weighted by molar-refractivity contribution is 0.0563.